The zero-order valence-electron chi connectivity index (χ0n) is 8.03. The highest BCUT2D eigenvalue weighted by Gasteiger charge is 2.04. The topological polar surface area (TPSA) is 57.8 Å². The van der Waals surface area contributed by atoms with Gasteiger partial charge in [-0.15, -0.1) is 0 Å². The van der Waals surface area contributed by atoms with Crippen molar-refractivity contribution in [2.75, 3.05) is 5.32 Å². The van der Waals surface area contributed by atoms with E-state index in [0.717, 1.165) is 5.69 Å². The summed E-state index contributed by atoms with van der Waals surface area (Å²) in [7, 11) is 0. The summed E-state index contributed by atoms with van der Waals surface area (Å²) in [6.45, 7) is 0. The highest BCUT2D eigenvalue weighted by Crippen LogP contribution is 2.04. The van der Waals surface area contributed by atoms with E-state index in [1.165, 1.54) is 0 Å². The number of hydrogen-bond donors (Lipinski definition) is 2. The molecule has 15 heavy (non-hydrogen) atoms. The minimum absolute atomic E-state index is 0.0930. The van der Waals surface area contributed by atoms with E-state index in [-0.39, 0.29) is 12.3 Å². The molecule has 2 rings (SSSR count). The smallest absolute Gasteiger partial charge is 0.231 e. The molecule has 0 aliphatic heterocycles. The van der Waals surface area contributed by atoms with Crippen molar-refractivity contribution < 1.29 is 4.79 Å². The molecule has 1 radical (unpaired) electrons. The summed E-state index contributed by atoms with van der Waals surface area (Å²) >= 11 is 0. The minimum atomic E-state index is -0.0930. The molecule has 1 heterocycles. The second-order valence-electron chi connectivity index (χ2n) is 3.05. The molecule has 1 aromatic carbocycles. The predicted octanol–water partition coefficient (Wildman–Crippen LogP) is 1.39. The highest BCUT2D eigenvalue weighted by atomic mass is 16.1. The van der Waals surface area contributed by atoms with Crippen LogP contribution in [-0.4, -0.2) is 15.9 Å². The first-order valence-electron chi connectivity index (χ1n) is 4.59. The van der Waals surface area contributed by atoms with Gasteiger partial charge in [-0.1, -0.05) is 12.1 Å². The number of hydrogen-bond acceptors (Lipinski definition) is 2. The Kier molecular flexibility index (Phi) is 2.78. The van der Waals surface area contributed by atoms with E-state index < -0.39 is 0 Å². The van der Waals surface area contributed by atoms with E-state index in [1.54, 1.807) is 24.5 Å². The Morgan fingerprint density at radius 1 is 1.60 bits per heavy atom. The van der Waals surface area contributed by atoms with Gasteiger partial charge in [0.15, 0.2) is 0 Å². The first kappa shape index (κ1) is 9.45. The molecule has 75 valence electrons. The monoisotopic (exact) mass is 200 g/mol. The number of benzene rings is 1. The van der Waals surface area contributed by atoms with E-state index in [2.05, 4.69) is 21.4 Å². The molecule has 0 aliphatic rings. The SMILES string of the molecule is O=C(Cc1ncc[nH]1)Nc1c[c]ccc1. The molecule has 0 saturated heterocycles. The molecule has 1 aromatic heterocycles. The summed E-state index contributed by atoms with van der Waals surface area (Å²) in [6, 6.07) is 10.0. The van der Waals surface area contributed by atoms with Gasteiger partial charge in [-0.2, -0.15) is 0 Å². The van der Waals surface area contributed by atoms with Crippen molar-refractivity contribution in [1.29, 1.82) is 0 Å². The third-order valence-electron chi connectivity index (χ3n) is 1.87. The van der Waals surface area contributed by atoms with Crippen LogP contribution in [0.25, 0.3) is 0 Å². The predicted molar refractivity (Wildman–Crippen MR) is 56.2 cm³/mol. The van der Waals surface area contributed by atoms with Gasteiger partial charge in [0.2, 0.25) is 5.91 Å². The standard InChI is InChI=1S/C11H10N3O/c15-11(8-10-12-6-7-13-10)14-9-4-2-1-3-5-9/h1-2,4-7H,8H2,(H,12,13)(H,14,15). The maximum Gasteiger partial charge on any atom is 0.231 e. The fourth-order valence-corrected chi connectivity index (χ4v) is 1.22. The van der Waals surface area contributed by atoms with Gasteiger partial charge in [0, 0.05) is 18.1 Å². The van der Waals surface area contributed by atoms with Crippen LogP contribution < -0.4 is 5.32 Å². The molecule has 4 heteroatoms. The van der Waals surface area contributed by atoms with Gasteiger partial charge in [0.05, 0.1) is 6.42 Å². The lowest BCUT2D eigenvalue weighted by molar-refractivity contribution is -0.115. The van der Waals surface area contributed by atoms with Crippen molar-refractivity contribution in [3.63, 3.8) is 0 Å². The van der Waals surface area contributed by atoms with Crippen LogP contribution in [0.3, 0.4) is 0 Å². The molecule has 0 saturated carbocycles. The van der Waals surface area contributed by atoms with Crippen molar-refractivity contribution in [1.82, 2.24) is 9.97 Å². The molecule has 0 aliphatic carbocycles. The molecule has 1 amide bonds. The second-order valence-corrected chi connectivity index (χ2v) is 3.05. The van der Waals surface area contributed by atoms with E-state index in [0.29, 0.717) is 5.82 Å². The van der Waals surface area contributed by atoms with E-state index in [4.69, 9.17) is 0 Å². The van der Waals surface area contributed by atoms with E-state index >= 15 is 0 Å². The summed E-state index contributed by atoms with van der Waals surface area (Å²) in [4.78, 5) is 18.3. The number of H-pyrrole nitrogens is 1. The molecular weight excluding hydrogens is 190 g/mol. The zero-order chi connectivity index (χ0) is 10.5. The number of aromatic nitrogens is 2. The number of carbonyl (C=O) groups excluding carboxylic acids is 1. The zero-order valence-corrected chi connectivity index (χ0v) is 8.03. The lowest BCUT2D eigenvalue weighted by Crippen LogP contribution is -2.14. The summed E-state index contributed by atoms with van der Waals surface area (Å²) in [5.74, 6) is 0.567. The van der Waals surface area contributed by atoms with Crippen LogP contribution in [0.4, 0.5) is 5.69 Å². The molecule has 0 spiro atoms. The Bertz CT molecular complexity index is 422. The fourth-order valence-electron chi connectivity index (χ4n) is 1.22. The average Bonchev–Trinajstić information content (AvgIpc) is 2.71. The van der Waals surface area contributed by atoms with E-state index in [1.807, 2.05) is 12.1 Å². The van der Waals surface area contributed by atoms with Crippen molar-refractivity contribution in [3.8, 4) is 0 Å². The summed E-state index contributed by atoms with van der Waals surface area (Å²) in [6.07, 6.45) is 3.57. The molecule has 0 atom stereocenters. The average molecular weight is 200 g/mol. The third kappa shape index (κ3) is 2.67. The number of aromatic amines is 1. The van der Waals surface area contributed by atoms with Crippen molar-refractivity contribution >= 4 is 11.6 Å². The summed E-state index contributed by atoms with van der Waals surface area (Å²) in [5.41, 5.74) is 0.744. The Labute approximate surface area is 87.4 Å². The molecule has 4 nitrogen and oxygen atoms in total. The van der Waals surface area contributed by atoms with Crippen LogP contribution in [-0.2, 0) is 11.2 Å². The van der Waals surface area contributed by atoms with Gasteiger partial charge in [-0.3, -0.25) is 4.79 Å². The Morgan fingerprint density at radius 3 is 3.20 bits per heavy atom. The van der Waals surface area contributed by atoms with Gasteiger partial charge < -0.3 is 10.3 Å². The van der Waals surface area contributed by atoms with Crippen molar-refractivity contribution in [3.05, 3.63) is 48.5 Å². The van der Waals surface area contributed by atoms with Crippen LogP contribution in [0.2, 0.25) is 0 Å². The number of rotatable bonds is 3. The molecule has 2 N–H and O–H groups in total. The van der Waals surface area contributed by atoms with E-state index in [9.17, 15) is 4.79 Å². The van der Waals surface area contributed by atoms with Crippen LogP contribution in [0.15, 0.2) is 36.7 Å². The normalized spacial score (nSPS) is 9.87. The first-order valence-corrected chi connectivity index (χ1v) is 4.59. The van der Waals surface area contributed by atoms with Crippen LogP contribution in [0, 0.1) is 6.07 Å². The number of nitrogens with one attached hydrogen (secondary N) is 2. The quantitative estimate of drug-likeness (QED) is 0.786. The lowest BCUT2D eigenvalue weighted by atomic mass is 10.3. The maximum atomic E-state index is 11.5. The Balaban J connectivity index is 1.94. The largest absolute Gasteiger partial charge is 0.348 e. The molecule has 2 aromatic rings. The summed E-state index contributed by atoms with van der Waals surface area (Å²) < 4.78 is 0. The van der Waals surface area contributed by atoms with Crippen molar-refractivity contribution in [2.45, 2.75) is 6.42 Å². The molecule has 0 fully saturated rings. The number of nitrogens with zero attached hydrogens (tertiary/aromatic N) is 1. The van der Waals surface area contributed by atoms with Gasteiger partial charge >= 0.3 is 0 Å². The van der Waals surface area contributed by atoms with Gasteiger partial charge in [-0.25, -0.2) is 4.98 Å². The minimum Gasteiger partial charge on any atom is -0.348 e. The van der Waals surface area contributed by atoms with Gasteiger partial charge in [-0.05, 0) is 18.2 Å². The number of imidazole rings is 1. The summed E-state index contributed by atoms with van der Waals surface area (Å²) in [5, 5.41) is 2.75. The lowest BCUT2D eigenvalue weighted by Gasteiger charge is -2.02. The van der Waals surface area contributed by atoms with Crippen LogP contribution in [0.1, 0.15) is 5.82 Å². The van der Waals surface area contributed by atoms with Crippen LogP contribution in [0.5, 0.6) is 0 Å². The van der Waals surface area contributed by atoms with Gasteiger partial charge in [0.1, 0.15) is 5.82 Å². The van der Waals surface area contributed by atoms with Crippen LogP contribution >= 0.6 is 0 Å². The second kappa shape index (κ2) is 4.41. The van der Waals surface area contributed by atoms with Crippen molar-refractivity contribution in [2.24, 2.45) is 0 Å². The molecule has 0 unspecified atom stereocenters. The van der Waals surface area contributed by atoms with Gasteiger partial charge in [0.25, 0.3) is 0 Å². The Morgan fingerprint density at radius 2 is 2.53 bits per heavy atom. The highest BCUT2D eigenvalue weighted by molar-refractivity contribution is 5.91. The molecule has 0 bridgehead atoms. The molecular formula is C11H10N3O. The number of carbonyl (C=O) groups is 1. The first-order chi connectivity index (χ1) is 7.34. The Hall–Kier alpha value is -2.10. The maximum absolute atomic E-state index is 11.5. The fraction of sp³-hybridized carbons (Fsp3) is 0.0909. The number of amides is 1. The number of anilines is 1. The third-order valence-corrected chi connectivity index (χ3v) is 1.87.